The van der Waals surface area contributed by atoms with Crippen LogP contribution in [0.15, 0.2) is 34.7 Å². The maximum atomic E-state index is 12.0. The highest BCUT2D eigenvalue weighted by Crippen LogP contribution is 2.18. The van der Waals surface area contributed by atoms with E-state index in [1.165, 1.54) is 0 Å². The molecule has 0 fully saturated rings. The number of benzene rings is 1. The van der Waals surface area contributed by atoms with Crippen LogP contribution in [0.4, 0.5) is 0 Å². The van der Waals surface area contributed by atoms with Crippen LogP contribution < -0.4 is 15.6 Å². The smallest absolute Gasteiger partial charge is 0.279 e. The fourth-order valence-electron chi connectivity index (χ4n) is 1.94. The van der Waals surface area contributed by atoms with Crippen LogP contribution >= 0.6 is 11.6 Å². The lowest BCUT2D eigenvalue weighted by atomic mass is 10.2. The van der Waals surface area contributed by atoms with Gasteiger partial charge in [0.05, 0.1) is 5.56 Å². The quantitative estimate of drug-likeness (QED) is 0.841. The molecule has 0 bridgehead atoms. The van der Waals surface area contributed by atoms with Crippen LogP contribution in [0.25, 0.3) is 0 Å². The predicted molar refractivity (Wildman–Crippen MR) is 85.3 cm³/mol. The van der Waals surface area contributed by atoms with Crippen LogP contribution in [0.1, 0.15) is 28.8 Å². The van der Waals surface area contributed by atoms with Crippen molar-refractivity contribution < 1.29 is 18.7 Å². The monoisotopic (exact) mass is 336 g/mol. The van der Waals surface area contributed by atoms with Gasteiger partial charge >= 0.3 is 0 Å². The molecule has 0 aliphatic rings. The summed E-state index contributed by atoms with van der Waals surface area (Å²) in [6, 6.07) is 8.30. The van der Waals surface area contributed by atoms with Gasteiger partial charge in [0.15, 0.2) is 6.10 Å². The number of halogens is 1. The average molecular weight is 337 g/mol. The van der Waals surface area contributed by atoms with E-state index in [0.29, 0.717) is 27.9 Å². The lowest BCUT2D eigenvalue weighted by Gasteiger charge is -2.15. The predicted octanol–water partition coefficient (Wildman–Crippen LogP) is 2.78. The number of rotatable bonds is 4. The molecule has 0 aliphatic heterocycles. The maximum Gasteiger partial charge on any atom is 0.279 e. The second-order valence-corrected chi connectivity index (χ2v) is 5.42. The molecule has 1 aromatic carbocycles. The molecular weight excluding hydrogens is 320 g/mol. The highest BCUT2D eigenvalue weighted by atomic mass is 35.5. The third-order valence-corrected chi connectivity index (χ3v) is 3.30. The zero-order chi connectivity index (χ0) is 17.0. The van der Waals surface area contributed by atoms with Gasteiger partial charge in [-0.3, -0.25) is 20.4 Å². The average Bonchev–Trinajstić information content (AvgIpc) is 2.83. The summed E-state index contributed by atoms with van der Waals surface area (Å²) in [6.07, 6.45) is -0.805. The second-order valence-electron chi connectivity index (χ2n) is 4.99. The van der Waals surface area contributed by atoms with Crippen LogP contribution in [-0.2, 0) is 4.79 Å². The molecule has 2 aromatic rings. The third kappa shape index (κ3) is 4.50. The lowest BCUT2D eigenvalue weighted by molar-refractivity contribution is -0.128. The molecule has 1 aromatic heterocycles. The number of carbonyl (C=O) groups excluding carboxylic acids is 2. The molecular formula is C16H17ClN2O4. The summed E-state index contributed by atoms with van der Waals surface area (Å²) < 4.78 is 10.7. The number of hydrazine groups is 1. The van der Waals surface area contributed by atoms with Gasteiger partial charge < -0.3 is 9.15 Å². The Hall–Kier alpha value is -2.47. The zero-order valence-electron chi connectivity index (χ0n) is 13.0. The summed E-state index contributed by atoms with van der Waals surface area (Å²) in [4.78, 5) is 23.9. The molecule has 1 unspecified atom stereocenters. The Morgan fingerprint density at radius 1 is 1.22 bits per heavy atom. The molecule has 0 saturated heterocycles. The van der Waals surface area contributed by atoms with E-state index in [2.05, 4.69) is 10.9 Å². The number of hydrogen-bond donors (Lipinski definition) is 2. The molecule has 0 saturated carbocycles. The van der Waals surface area contributed by atoms with Crippen molar-refractivity contribution in [1.82, 2.24) is 10.9 Å². The number of aryl methyl sites for hydroxylation is 2. The minimum Gasteiger partial charge on any atom is -0.481 e. The first-order valence-corrected chi connectivity index (χ1v) is 7.34. The number of amides is 2. The minimum absolute atomic E-state index is 0.367. The molecule has 0 spiro atoms. The third-order valence-electron chi connectivity index (χ3n) is 3.06. The summed E-state index contributed by atoms with van der Waals surface area (Å²) in [5.74, 6) is 0.626. The molecule has 0 aliphatic carbocycles. The Morgan fingerprint density at radius 3 is 2.57 bits per heavy atom. The molecule has 0 radical (unpaired) electrons. The van der Waals surface area contributed by atoms with Crippen molar-refractivity contribution in [3.63, 3.8) is 0 Å². The number of ether oxygens (including phenoxy) is 1. The van der Waals surface area contributed by atoms with Crippen LogP contribution in [0.2, 0.25) is 5.02 Å². The fourth-order valence-corrected chi connectivity index (χ4v) is 2.12. The van der Waals surface area contributed by atoms with E-state index in [9.17, 15) is 9.59 Å². The van der Waals surface area contributed by atoms with Gasteiger partial charge in [0.25, 0.3) is 11.8 Å². The van der Waals surface area contributed by atoms with E-state index in [-0.39, 0.29) is 0 Å². The van der Waals surface area contributed by atoms with E-state index in [4.69, 9.17) is 20.8 Å². The van der Waals surface area contributed by atoms with E-state index in [0.717, 1.165) is 0 Å². The Labute approximate surface area is 138 Å². The van der Waals surface area contributed by atoms with E-state index in [1.807, 2.05) is 0 Å². The molecule has 2 amide bonds. The van der Waals surface area contributed by atoms with E-state index >= 15 is 0 Å². The normalized spacial score (nSPS) is 11.7. The van der Waals surface area contributed by atoms with E-state index < -0.39 is 17.9 Å². The maximum absolute atomic E-state index is 12.0. The van der Waals surface area contributed by atoms with Crippen molar-refractivity contribution in [2.24, 2.45) is 0 Å². The van der Waals surface area contributed by atoms with Crippen molar-refractivity contribution in [3.05, 3.63) is 52.4 Å². The summed E-state index contributed by atoms with van der Waals surface area (Å²) in [5.41, 5.74) is 5.01. The molecule has 122 valence electrons. The van der Waals surface area contributed by atoms with Gasteiger partial charge in [0.1, 0.15) is 17.3 Å². The molecule has 2 rings (SSSR count). The van der Waals surface area contributed by atoms with Crippen LogP contribution in [0, 0.1) is 13.8 Å². The van der Waals surface area contributed by atoms with Gasteiger partial charge in [-0.25, -0.2) is 0 Å². The van der Waals surface area contributed by atoms with Crippen LogP contribution in [0.3, 0.4) is 0 Å². The Bertz CT molecular complexity index is 727. The Kier molecular flexibility index (Phi) is 5.28. The summed E-state index contributed by atoms with van der Waals surface area (Å²) >= 11 is 5.85. The van der Waals surface area contributed by atoms with Crippen molar-refractivity contribution in [2.45, 2.75) is 26.9 Å². The lowest BCUT2D eigenvalue weighted by Crippen LogP contribution is -2.47. The Morgan fingerprint density at radius 2 is 1.96 bits per heavy atom. The van der Waals surface area contributed by atoms with Gasteiger partial charge in [-0.05, 0) is 45.0 Å². The minimum atomic E-state index is -0.805. The summed E-state index contributed by atoms with van der Waals surface area (Å²) in [6.45, 7) is 4.98. The van der Waals surface area contributed by atoms with Crippen molar-refractivity contribution in [3.8, 4) is 5.75 Å². The molecule has 6 nitrogen and oxygen atoms in total. The molecule has 1 heterocycles. The first kappa shape index (κ1) is 16.9. The SMILES string of the molecule is Cc1cc(C(=O)NNC(=O)C(C)Oc2cccc(Cl)c2)c(C)o1. The van der Waals surface area contributed by atoms with Gasteiger partial charge in [0.2, 0.25) is 0 Å². The number of hydrogen-bond acceptors (Lipinski definition) is 4. The first-order chi connectivity index (χ1) is 10.9. The zero-order valence-corrected chi connectivity index (χ0v) is 13.7. The van der Waals surface area contributed by atoms with Gasteiger partial charge in [-0.1, -0.05) is 17.7 Å². The summed E-state index contributed by atoms with van der Waals surface area (Å²) in [7, 11) is 0. The highest BCUT2D eigenvalue weighted by molar-refractivity contribution is 6.30. The standard InChI is InChI=1S/C16H17ClN2O4/c1-9-7-14(10(2)22-9)16(21)19-18-15(20)11(3)23-13-6-4-5-12(17)8-13/h4-8,11H,1-3H3,(H,18,20)(H,19,21). The fraction of sp³-hybridized carbons (Fsp3) is 0.250. The van der Waals surface area contributed by atoms with Crippen LogP contribution in [0.5, 0.6) is 5.75 Å². The molecule has 2 N–H and O–H groups in total. The number of furan rings is 1. The molecule has 1 atom stereocenters. The van der Waals surface area contributed by atoms with E-state index in [1.54, 1.807) is 51.1 Å². The first-order valence-electron chi connectivity index (χ1n) is 6.96. The molecule has 23 heavy (non-hydrogen) atoms. The van der Waals surface area contributed by atoms with Gasteiger partial charge in [-0.2, -0.15) is 0 Å². The summed E-state index contributed by atoms with van der Waals surface area (Å²) in [5, 5.41) is 0.509. The van der Waals surface area contributed by atoms with Crippen molar-refractivity contribution in [2.75, 3.05) is 0 Å². The van der Waals surface area contributed by atoms with Gasteiger partial charge in [0, 0.05) is 5.02 Å². The van der Waals surface area contributed by atoms with Crippen LogP contribution in [-0.4, -0.2) is 17.9 Å². The second kappa shape index (κ2) is 7.19. The van der Waals surface area contributed by atoms with Crippen molar-refractivity contribution >= 4 is 23.4 Å². The highest BCUT2D eigenvalue weighted by Gasteiger charge is 2.18. The van der Waals surface area contributed by atoms with Gasteiger partial charge in [-0.15, -0.1) is 0 Å². The number of carbonyl (C=O) groups is 2. The topological polar surface area (TPSA) is 80.6 Å². The van der Waals surface area contributed by atoms with Crippen molar-refractivity contribution in [1.29, 1.82) is 0 Å². The Balaban J connectivity index is 1.89. The largest absolute Gasteiger partial charge is 0.481 e. The number of nitrogens with one attached hydrogen (secondary N) is 2. The molecule has 7 heteroatoms.